The fourth-order valence-electron chi connectivity index (χ4n) is 5.20. The van der Waals surface area contributed by atoms with E-state index in [-0.39, 0.29) is 6.10 Å². The van der Waals surface area contributed by atoms with Crippen molar-refractivity contribution >= 4 is 11.5 Å². The maximum absolute atomic E-state index is 6.42. The number of ether oxygens (including phenoxy) is 2. The van der Waals surface area contributed by atoms with Gasteiger partial charge in [0, 0.05) is 17.8 Å². The highest BCUT2D eigenvalue weighted by Crippen LogP contribution is 2.33. The molecule has 1 fully saturated rings. The molecular formula is C36H38N2O2. The first kappa shape index (κ1) is 27.3. The van der Waals surface area contributed by atoms with Gasteiger partial charge in [-0.05, 0) is 60.6 Å². The van der Waals surface area contributed by atoms with E-state index in [2.05, 4.69) is 84.3 Å². The van der Waals surface area contributed by atoms with Crippen LogP contribution < -0.4 is 9.47 Å². The van der Waals surface area contributed by atoms with Crippen molar-refractivity contribution in [1.29, 1.82) is 0 Å². The van der Waals surface area contributed by atoms with E-state index in [1.165, 1.54) is 24.8 Å². The number of methoxy groups -OCH3 is 1. The lowest BCUT2D eigenvalue weighted by atomic mass is 9.98. The largest absolute Gasteiger partial charge is 0.493 e. The molecule has 4 heteroatoms. The molecule has 0 spiro atoms. The van der Waals surface area contributed by atoms with E-state index in [9.17, 15) is 0 Å². The number of nitrogens with zero attached hydrogens (tertiary/aromatic N) is 2. The number of amidine groups is 1. The van der Waals surface area contributed by atoms with E-state index in [4.69, 9.17) is 14.5 Å². The van der Waals surface area contributed by atoms with Crippen molar-refractivity contribution < 1.29 is 9.47 Å². The summed E-state index contributed by atoms with van der Waals surface area (Å²) in [6.45, 7) is 5.73. The molecule has 40 heavy (non-hydrogen) atoms. The summed E-state index contributed by atoms with van der Waals surface area (Å²) >= 11 is 0. The molecule has 0 radical (unpaired) electrons. The Morgan fingerprint density at radius 2 is 1.38 bits per heavy atom. The van der Waals surface area contributed by atoms with Crippen LogP contribution in [0.25, 0.3) is 5.70 Å². The summed E-state index contributed by atoms with van der Waals surface area (Å²) in [6, 6.07) is 37.3. The summed E-state index contributed by atoms with van der Waals surface area (Å²) in [7, 11) is 1.71. The lowest BCUT2D eigenvalue weighted by Gasteiger charge is -2.30. The zero-order chi connectivity index (χ0) is 27.6. The van der Waals surface area contributed by atoms with Crippen LogP contribution in [0.3, 0.4) is 0 Å². The van der Waals surface area contributed by atoms with E-state index in [1.54, 1.807) is 7.11 Å². The minimum atomic E-state index is 0.243. The van der Waals surface area contributed by atoms with Crippen LogP contribution in [-0.2, 0) is 13.1 Å². The lowest BCUT2D eigenvalue weighted by molar-refractivity contribution is 0.149. The van der Waals surface area contributed by atoms with Crippen molar-refractivity contribution in [2.24, 2.45) is 4.99 Å². The van der Waals surface area contributed by atoms with Gasteiger partial charge in [-0.25, -0.2) is 0 Å². The molecule has 0 saturated heterocycles. The van der Waals surface area contributed by atoms with Crippen LogP contribution in [0.5, 0.6) is 11.5 Å². The summed E-state index contributed by atoms with van der Waals surface area (Å²) in [6.07, 6.45) is 6.16. The van der Waals surface area contributed by atoms with Gasteiger partial charge in [0.15, 0.2) is 11.5 Å². The van der Waals surface area contributed by atoms with Crippen LogP contribution in [0.2, 0.25) is 0 Å². The molecule has 0 aliphatic heterocycles. The smallest absolute Gasteiger partial charge is 0.161 e. The molecule has 0 aromatic heterocycles. The minimum absolute atomic E-state index is 0.243. The molecule has 0 unspecified atom stereocenters. The summed E-state index contributed by atoms with van der Waals surface area (Å²) in [4.78, 5) is 7.43. The number of aliphatic imine (C=N–C) groups is 1. The first-order valence-corrected chi connectivity index (χ1v) is 14.2. The van der Waals surface area contributed by atoms with Gasteiger partial charge in [0.25, 0.3) is 0 Å². The zero-order valence-electron chi connectivity index (χ0n) is 23.3. The lowest BCUT2D eigenvalue weighted by Crippen LogP contribution is -2.30. The van der Waals surface area contributed by atoms with Crippen molar-refractivity contribution in [1.82, 2.24) is 4.90 Å². The highest BCUT2D eigenvalue weighted by atomic mass is 16.5. The molecule has 0 bridgehead atoms. The second kappa shape index (κ2) is 13.7. The van der Waals surface area contributed by atoms with E-state index >= 15 is 0 Å². The van der Waals surface area contributed by atoms with Crippen molar-refractivity contribution in [3.63, 3.8) is 0 Å². The fourth-order valence-corrected chi connectivity index (χ4v) is 5.20. The molecule has 4 aromatic rings. The number of hydrogen-bond donors (Lipinski definition) is 0. The minimum Gasteiger partial charge on any atom is -0.493 e. The topological polar surface area (TPSA) is 34.1 Å². The Kier molecular flexibility index (Phi) is 9.31. The molecule has 4 nitrogen and oxygen atoms in total. The quantitative estimate of drug-likeness (QED) is 0.152. The molecule has 0 amide bonds. The maximum Gasteiger partial charge on any atom is 0.161 e. The summed E-state index contributed by atoms with van der Waals surface area (Å²) in [5, 5.41) is 0. The molecule has 0 atom stereocenters. The second-order valence-corrected chi connectivity index (χ2v) is 10.3. The molecule has 1 aliphatic carbocycles. The molecule has 1 aliphatic rings. The van der Waals surface area contributed by atoms with Crippen molar-refractivity contribution in [2.45, 2.75) is 51.3 Å². The van der Waals surface area contributed by atoms with Gasteiger partial charge in [-0.1, -0.05) is 104 Å². The number of hydrogen-bond acceptors (Lipinski definition) is 3. The average Bonchev–Trinajstić information content (AvgIpc) is 3.02. The predicted molar refractivity (Wildman–Crippen MR) is 165 cm³/mol. The summed E-state index contributed by atoms with van der Waals surface area (Å²) in [5.74, 6) is 2.35. The van der Waals surface area contributed by atoms with E-state index in [0.717, 1.165) is 52.6 Å². The van der Waals surface area contributed by atoms with Gasteiger partial charge in [0.2, 0.25) is 0 Å². The van der Waals surface area contributed by atoms with E-state index < -0.39 is 0 Å². The average molecular weight is 531 g/mol. The molecule has 1 saturated carbocycles. The SMILES string of the molecule is C=C(c1ccccc1)N(Cc1ccccc1)/C(=N\Cc1ccccc1)c1ccc(OC2CCCCC2)c(OC)c1. The third kappa shape index (κ3) is 7.01. The Morgan fingerprint density at radius 3 is 2.02 bits per heavy atom. The van der Waals surface area contributed by atoms with E-state index in [0.29, 0.717) is 13.1 Å². The number of rotatable bonds is 10. The van der Waals surface area contributed by atoms with Crippen LogP contribution in [0.1, 0.15) is 54.4 Å². The number of benzene rings is 4. The van der Waals surface area contributed by atoms with E-state index in [1.807, 2.05) is 36.4 Å². The van der Waals surface area contributed by atoms with Crippen molar-refractivity contribution in [2.75, 3.05) is 7.11 Å². The standard InChI is InChI=1S/C36H38N2O2/c1-28(31-19-11-5-12-20-31)38(27-30-17-9-4-10-18-30)36(37-26-29-15-7-3-8-16-29)32-23-24-34(35(25-32)39-2)40-33-21-13-6-14-22-33/h3-5,7-12,15-20,23-25,33H,1,6,13-14,21-22,26-27H2,2H3/b37-36-. The first-order chi connectivity index (χ1) is 19.7. The van der Waals surface area contributed by atoms with Crippen LogP contribution in [0.4, 0.5) is 0 Å². The van der Waals surface area contributed by atoms with Crippen molar-refractivity contribution in [3.8, 4) is 11.5 Å². The van der Waals surface area contributed by atoms with Crippen LogP contribution in [-0.4, -0.2) is 23.9 Å². The predicted octanol–water partition coefficient (Wildman–Crippen LogP) is 8.53. The van der Waals surface area contributed by atoms with Gasteiger partial charge in [0.1, 0.15) is 5.84 Å². The summed E-state index contributed by atoms with van der Waals surface area (Å²) in [5.41, 5.74) is 5.22. The highest BCUT2D eigenvalue weighted by Gasteiger charge is 2.22. The molecule has 0 N–H and O–H groups in total. The maximum atomic E-state index is 6.42. The molecule has 4 aromatic carbocycles. The Labute approximate surface area is 238 Å². The monoisotopic (exact) mass is 530 g/mol. The van der Waals surface area contributed by atoms with Gasteiger partial charge >= 0.3 is 0 Å². The van der Waals surface area contributed by atoms with Crippen LogP contribution >= 0.6 is 0 Å². The highest BCUT2D eigenvalue weighted by molar-refractivity contribution is 6.03. The normalized spacial score (nSPS) is 14.0. The Bertz CT molecular complexity index is 1390. The third-order valence-electron chi connectivity index (χ3n) is 7.39. The third-order valence-corrected chi connectivity index (χ3v) is 7.39. The van der Waals surface area contributed by atoms with Gasteiger partial charge < -0.3 is 14.4 Å². The second-order valence-electron chi connectivity index (χ2n) is 10.3. The molecule has 204 valence electrons. The molecular weight excluding hydrogens is 492 g/mol. The van der Waals surface area contributed by atoms with Gasteiger partial charge in [-0.15, -0.1) is 0 Å². The summed E-state index contributed by atoms with van der Waals surface area (Å²) < 4.78 is 12.3. The Hall–Kier alpha value is -4.31. The fraction of sp³-hybridized carbons (Fsp3) is 0.250. The zero-order valence-corrected chi connectivity index (χ0v) is 23.3. The van der Waals surface area contributed by atoms with Crippen LogP contribution in [0, 0.1) is 0 Å². The Morgan fingerprint density at radius 1 is 0.750 bits per heavy atom. The van der Waals surface area contributed by atoms with Gasteiger partial charge in [0.05, 0.1) is 19.8 Å². The first-order valence-electron chi connectivity index (χ1n) is 14.2. The Balaban J connectivity index is 1.56. The molecule has 5 rings (SSSR count). The van der Waals surface area contributed by atoms with Crippen LogP contribution in [0.15, 0.2) is 121 Å². The van der Waals surface area contributed by atoms with Gasteiger partial charge in [-0.3, -0.25) is 4.99 Å². The van der Waals surface area contributed by atoms with Gasteiger partial charge in [-0.2, -0.15) is 0 Å². The molecule has 0 heterocycles. The van der Waals surface area contributed by atoms with Crippen molar-refractivity contribution in [3.05, 3.63) is 138 Å².